The molecule has 0 radical (unpaired) electrons. The molecule has 3 heterocycles. The van der Waals surface area contributed by atoms with Crippen molar-refractivity contribution >= 4 is 22.9 Å². The molecule has 2 aliphatic rings. The predicted molar refractivity (Wildman–Crippen MR) is 152 cm³/mol. The lowest BCUT2D eigenvalue weighted by Gasteiger charge is -2.27. The van der Waals surface area contributed by atoms with E-state index in [0.717, 1.165) is 68.0 Å². The Kier molecular flexibility index (Phi) is 7.56. The third kappa shape index (κ3) is 5.53. The number of nitrogens with zero attached hydrogens (tertiary/aromatic N) is 4. The van der Waals surface area contributed by atoms with Crippen molar-refractivity contribution in [3.8, 4) is 17.0 Å². The summed E-state index contributed by atoms with van der Waals surface area (Å²) in [7, 11) is 1.64. The van der Waals surface area contributed by atoms with Crippen LogP contribution in [0.15, 0.2) is 60.8 Å². The van der Waals surface area contributed by atoms with Crippen LogP contribution in [0.1, 0.15) is 54.1 Å². The van der Waals surface area contributed by atoms with Crippen molar-refractivity contribution in [3.63, 3.8) is 0 Å². The number of morpholine rings is 1. The minimum atomic E-state index is -0.200. The van der Waals surface area contributed by atoms with Crippen molar-refractivity contribution in [1.29, 1.82) is 0 Å². The number of para-hydroxylation sites is 1. The van der Waals surface area contributed by atoms with Crippen molar-refractivity contribution in [2.75, 3.05) is 38.7 Å². The summed E-state index contributed by atoms with van der Waals surface area (Å²) in [6.45, 7) is 4.32. The van der Waals surface area contributed by atoms with Crippen LogP contribution in [0.5, 0.6) is 5.75 Å². The zero-order chi connectivity index (χ0) is 26.6. The Balaban J connectivity index is 1.31. The molecule has 1 saturated carbocycles. The molecule has 2 aromatic carbocycles. The molecule has 1 saturated heterocycles. The SMILES string of the molecule is COc1ccccc1-c1cc(C(=O)Nc2nc3cc(CN4CCOCC4)ccc3n2C2CCCCC2)ccn1. The first kappa shape index (κ1) is 25.5. The molecule has 1 aliphatic carbocycles. The number of imidazole rings is 1. The van der Waals surface area contributed by atoms with Gasteiger partial charge in [0.05, 0.1) is 37.1 Å². The molecule has 6 rings (SSSR count). The molecule has 202 valence electrons. The third-order valence-corrected chi connectivity index (χ3v) is 7.83. The maximum absolute atomic E-state index is 13.6. The van der Waals surface area contributed by atoms with E-state index in [1.807, 2.05) is 24.3 Å². The fourth-order valence-corrected chi connectivity index (χ4v) is 5.81. The first-order valence-electron chi connectivity index (χ1n) is 13.9. The molecular weight excluding hydrogens is 490 g/mol. The predicted octanol–water partition coefficient (Wildman–Crippen LogP) is 5.70. The van der Waals surface area contributed by atoms with Gasteiger partial charge in [-0.25, -0.2) is 4.98 Å². The summed E-state index contributed by atoms with van der Waals surface area (Å²) < 4.78 is 13.3. The molecule has 1 N–H and O–H groups in total. The maximum Gasteiger partial charge on any atom is 0.258 e. The number of ether oxygens (including phenoxy) is 2. The summed E-state index contributed by atoms with van der Waals surface area (Å²) in [4.78, 5) is 25.4. The van der Waals surface area contributed by atoms with Crippen LogP contribution in [0, 0.1) is 0 Å². The van der Waals surface area contributed by atoms with E-state index in [-0.39, 0.29) is 5.91 Å². The number of hydrogen-bond donors (Lipinski definition) is 1. The van der Waals surface area contributed by atoms with E-state index >= 15 is 0 Å². The number of carbonyl (C=O) groups excluding carboxylic acids is 1. The van der Waals surface area contributed by atoms with E-state index in [1.165, 1.54) is 24.8 Å². The van der Waals surface area contributed by atoms with Gasteiger partial charge in [0.25, 0.3) is 5.91 Å². The lowest BCUT2D eigenvalue weighted by Crippen LogP contribution is -2.35. The van der Waals surface area contributed by atoms with E-state index < -0.39 is 0 Å². The number of fused-ring (bicyclic) bond motifs is 1. The fourth-order valence-electron chi connectivity index (χ4n) is 5.81. The van der Waals surface area contributed by atoms with Crippen LogP contribution in [0.4, 0.5) is 5.95 Å². The number of rotatable bonds is 7. The standard InChI is InChI=1S/C31H35N5O3/c1-38-29-10-6-5-9-25(29)26-20-23(13-14-32-26)30(37)34-31-33-27-19-22(21-35-15-17-39-18-16-35)11-12-28(27)36(31)24-7-3-2-4-8-24/h5-6,9-14,19-20,24H,2-4,7-8,15-18,21H2,1H3,(H,33,34,37). The van der Waals surface area contributed by atoms with Gasteiger partial charge in [0.1, 0.15) is 5.75 Å². The van der Waals surface area contributed by atoms with Crippen LogP contribution in [-0.4, -0.2) is 58.8 Å². The summed E-state index contributed by atoms with van der Waals surface area (Å²) in [6, 6.07) is 18.1. The van der Waals surface area contributed by atoms with E-state index in [4.69, 9.17) is 14.5 Å². The summed E-state index contributed by atoms with van der Waals surface area (Å²) in [5.74, 6) is 1.13. The zero-order valence-electron chi connectivity index (χ0n) is 22.4. The maximum atomic E-state index is 13.6. The van der Waals surface area contributed by atoms with Crippen LogP contribution in [0.3, 0.4) is 0 Å². The topological polar surface area (TPSA) is 81.5 Å². The van der Waals surface area contributed by atoms with Gasteiger partial charge in [-0.05, 0) is 54.8 Å². The first-order valence-corrected chi connectivity index (χ1v) is 13.9. The molecule has 0 unspecified atom stereocenters. The van der Waals surface area contributed by atoms with E-state index in [2.05, 4.69) is 38.0 Å². The Hall–Kier alpha value is -3.75. The molecule has 1 aliphatic heterocycles. The van der Waals surface area contributed by atoms with Crippen molar-refractivity contribution in [2.24, 2.45) is 0 Å². The van der Waals surface area contributed by atoms with Gasteiger partial charge in [-0.1, -0.05) is 37.5 Å². The first-order chi connectivity index (χ1) is 19.2. The quantitative estimate of drug-likeness (QED) is 0.334. The molecule has 39 heavy (non-hydrogen) atoms. The number of aromatic nitrogens is 3. The highest BCUT2D eigenvalue weighted by Crippen LogP contribution is 2.35. The van der Waals surface area contributed by atoms with E-state index in [1.54, 1.807) is 25.4 Å². The molecular formula is C31H35N5O3. The molecule has 4 aromatic rings. The Labute approximate surface area is 229 Å². The number of hydrogen-bond acceptors (Lipinski definition) is 6. The zero-order valence-corrected chi connectivity index (χ0v) is 22.4. The Bertz CT molecular complexity index is 1450. The number of amides is 1. The van der Waals surface area contributed by atoms with Crippen molar-refractivity contribution < 1.29 is 14.3 Å². The van der Waals surface area contributed by atoms with Gasteiger partial charge in [-0.2, -0.15) is 0 Å². The highest BCUT2D eigenvalue weighted by molar-refractivity contribution is 6.04. The number of nitrogens with one attached hydrogen (secondary N) is 1. The van der Waals surface area contributed by atoms with Crippen LogP contribution < -0.4 is 10.1 Å². The largest absolute Gasteiger partial charge is 0.496 e. The average molecular weight is 526 g/mol. The molecule has 1 amide bonds. The Morgan fingerprint density at radius 2 is 1.87 bits per heavy atom. The van der Waals surface area contributed by atoms with Gasteiger partial charge >= 0.3 is 0 Å². The van der Waals surface area contributed by atoms with Gasteiger partial charge in [-0.15, -0.1) is 0 Å². The third-order valence-electron chi connectivity index (χ3n) is 7.83. The minimum absolute atomic E-state index is 0.200. The number of pyridine rings is 1. The lowest BCUT2D eigenvalue weighted by molar-refractivity contribution is 0.0342. The number of methoxy groups -OCH3 is 1. The smallest absolute Gasteiger partial charge is 0.258 e. The van der Waals surface area contributed by atoms with Gasteiger partial charge < -0.3 is 14.0 Å². The average Bonchev–Trinajstić information content (AvgIpc) is 3.35. The Morgan fingerprint density at radius 1 is 1.05 bits per heavy atom. The summed E-state index contributed by atoms with van der Waals surface area (Å²) in [5, 5.41) is 3.15. The summed E-state index contributed by atoms with van der Waals surface area (Å²) in [6.07, 6.45) is 7.50. The molecule has 8 nitrogen and oxygen atoms in total. The van der Waals surface area contributed by atoms with Crippen LogP contribution in [-0.2, 0) is 11.3 Å². The number of benzene rings is 2. The fraction of sp³-hybridized carbons (Fsp3) is 0.387. The number of anilines is 1. The molecule has 0 bridgehead atoms. The van der Waals surface area contributed by atoms with Crippen molar-refractivity contribution in [2.45, 2.75) is 44.7 Å². The second-order valence-electron chi connectivity index (χ2n) is 10.4. The molecule has 8 heteroatoms. The van der Waals surface area contributed by atoms with Gasteiger partial charge in [0, 0.05) is 43.0 Å². The van der Waals surface area contributed by atoms with Crippen LogP contribution in [0.25, 0.3) is 22.3 Å². The molecule has 2 aromatic heterocycles. The van der Waals surface area contributed by atoms with E-state index in [9.17, 15) is 4.79 Å². The molecule has 2 fully saturated rings. The summed E-state index contributed by atoms with van der Waals surface area (Å²) >= 11 is 0. The monoisotopic (exact) mass is 525 g/mol. The molecule has 0 atom stereocenters. The van der Waals surface area contributed by atoms with Gasteiger partial charge in [0.2, 0.25) is 5.95 Å². The van der Waals surface area contributed by atoms with Gasteiger partial charge in [-0.3, -0.25) is 20.0 Å². The van der Waals surface area contributed by atoms with Crippen LogP contribution in [0.2, 0.25) is 0 Å². The minimum Gasteiger partial charge on any atom is -0.496 e. The van der Waals surface area contributed by atoms with Crippen molar-refractivity contribution in [1.82, 2.24) is 19.4 Å². The van der Waals surface area contributed by atoms with E-state index in [0.29, 0.717) is 23.2 Å². The second-order valence-corrected chi connectivity index (χ2v) is 10.4. The number of carbonyl (C=O) groups is 1. The highest BCUT2D eigenvalue weighted by Gasteiger charge is 2.24. The molecule has 0 spiro atoms. The second kappa shape index (κ2) is 11.6. The van der Waals surface area contributed by atoms with Crippen LogP contribution >= 0.6 is 0 Å². The normalized spacial score (nSPS) is 16.8. The highest BCUT2D eigenvalue weighted by atomic mass is 16.5. The van der Waals surface area contributed by atoms with Crippen molar-refractivity contribution in [3.05, 3.63) is 71.9 Å². The lowest BCUT2D eigenvalue weighted by atomic mass is 9.95. The summed E-state index contributed by atoms with van der Waals surface area (Å²) in [5.41, 5.74) is 5.29. The Morgan fingerprint density at radius 3 is 2.69 bits per heavy atom. The van der Waals surface area contributed by atoms with Gasteiger partial charge in [0.15, 0.2) is 0 Å².